The normalized spacial score (nSPS) is 18.7. The van der Waals surface area contributed by atoms with Crippen LogP contribution in [0.15, 0.2) is 29.3 Å². The van der Waals surface area contributed by atoms with Gasteiger partial charge in [-0.05, 0) is 43.9 Å². The standard InChI is InChI=1S/C15H15F2NO/c16-13-4-3-12(9-14(13)17)15(19)18-7-5-11(6-8-18)10-1-2-10/h3-4,9H,1-2,5-8H2. The summed E-state index contributed by atoms with van der Waals surface area (Å²) in [6, 6.07) is 3.33. The number of hydrogen-bond donors (Lipinski definition) is 0. The largest absolute Gasteiger partial charge is 0.338 e. The van der Waals surface area contributed by atoms with E-state index in [-0.39, 0.29) is 11.5 Å². The summed E-state index contributed by atoms with van der Waals surface area (Å²) < 4.78 is 26.0. The molecule has 0 radical (unpaired) electrons. The van der Waals surface area contributed by atoms with E-state index < -0.39 is 11.6 Å². The predicted molar refractivity (Wildman–Crippen MR) is 67.8 cm³/mol. The van der Waals surface area contributed by atoms with Gasteiger partial charge in [-0.1, -0.05) is 11.1 Å². The van der Waals surface area contributed by atoms with Gasteiger partial charge in [0.2, 0.25) is 0 Å². The number of halogens is 2. The molecular weight excluding hydrogens is 248 g/mol. The average molecular weight is 263 g/mol. The Morgan fingerprint density at radius 3 is 2.16 bits per heavy atom. The second-order valence-electron chi connectivity index (χ2n) is 5.13. The smallest absolute Gasteiger partial charge is 0.253 e. The van der Waals surface area contributed by atoms with E-state index >= 15 is 0 Å². The highest BCUT2D eigenvalue weighted by molar-refractivity contribution is 5.94. The Morgan fingerprint density at radius 2 is 1.58 bits per heavy atom. The van der Waals surface area contributed by atoms with Crippen molar-refractivity contribution in [2.24, 2.45) is 0 Å². The van der Waals surface area contributed by atoms with Gasteiger partial charge in [0.15, 0.2) is 11.6 Å². The summed E-state index contributed by atoms with van der Waals surface area (Å²) >= 11 is 0. The van der Waals surface area contributed by atoms with Gasteiger partial charge in [0.25, 0.3) is 5.91 Å². The minimum atomic E-state index is -0.969. The zero-order valence-electron chi connectivity index (χ0n) is 10.6. The van der Waals surface area contributed by atoms with E-state index in [2.05, 4.69) is 0 Å². The molecule has 1 saturated heterocycles. The number of rotatable bonds is 1. The first-order chi connectivity index (χ1) is 9.15. The van der Waals surface area contributed by atoms with Gasteiger partial charge in [-0.15, -0.1) is 0 Å². The summed E-state index contributed by atoms with van der Waals surface area (Å²) in [6.07, 6.45) is 4.27. The van der Waals surface area contributed by atoms with E-state index in [0.29, 0.717) is 13.1 Å². The zero-order valence-corrected chi connectivity index (χ0v) is 10.6. The first-order valence-electron chi connectivity index (χ1n) is 6.59. The lowest BCUT2D eigenvalue weighted by molar-refractivity contribution is 0.0742. The first-order valence-corrected chi connectivity index (χ1v) is 6.59. The molecule has 1 amide bonds. The molecule has 3 rings (SSSR count). The summed E-state index contributed by atoms with van der Waals surface area (Å²) in [6.45, 7) is 1.35. The third-order valence-corrected chi connectivity index (χ3v) is 3.82. The van der Waals surface area contributed by atoms with Crippen molar-refractivity contribution in [2.45, 2.75) is 25.7 Å². The molecule has 1 aliphatic heterocycles. The van der Waals surface area contributed by atoms with Crippen LogP contribution >= 0.6 is 0 Å². The zero-order chi connectivity index (χ0) is 13.4. The van der Waals surface area contributed by atoms with Crippen LogP contribution in [0.4, 0.5) is 8.78 Å². The maximum atomic E-state index is 13.1. The summed E-state index contributed by atoms with van der Waals surface area (Å²) in [5, 5.41) is 0. The maximum absolute atomic E-state index is 13.1. The number of amides is 1. The van der Waals surface area contributed by atoms with Gasteiger partial charge in [-0.3, -0.25) is 4.79 Å². The van der Waals surface area contributed by atoms with Crippen molar-refractivity contribution >= 4 is 5.91 Å². The first kappa shape index (κ1) is 12.3. The molecule has 0 bridgehead atoms. The Kier molecular flexibility index (Phi) is 3.09. The maximum Gasteiger partial charge on any atom is 0.253 e. The van der Waals surface area contributed by atoms with Crippen LogP contribution in [0.1, 0.15) is 36.0 Å². The SMILES string of the molecule is O=C(c1ccc(F)c(F)c1)N1CCC(=C2CC2)CC1. The van der Waals surface area contributed by atoms with E-state index in [0.717, 1.165) is 25.0 Å². The quantitative estimate of drug-likeness (QED) is 0.712. The van der Waals surface area contributed by atoms with Gasteiger partial charge in [0, 0.05) is 18.7 Å². The van der Waals surface area contributed by atoms with Crippen molar-refractivity contribution in [3.63, 3.8) is 0 Å². The Labute approximate surface area is 110 Å². The lowest BCUT2D eigenvalue weighted by atomic mass is 10.0. The second kappa shape index (κ2) is 4.76. The Balaban J connectivity index is 1.70. The fourth-order valence-electron chi connectivity index (χ4n) is 2.56. The topological polar surface area (TPSA) is 20.3 Å². The van der Waals surface area contributed by atoms with Crippen molar-refractivity contribution in [2.75, 3.05) is 13.1 Å². The van der Waals surface area contributed by atoms with E-state index in [4.69, 9.17) is 0 Å². The van der Waals surface area contributed by atoms with Crippen LogP contribution in [0.25, 0.3) is 0 Å². The molecule has 0 unspecified atom stereocenters. The highest BCUT2D eigenvalue weighted by atomic mass is 19.2. The van der Waals surface area contributed by atoms with Crippen molar-refractivity contribution in [1.82, 2.24) is 4.90 Å². The van der Waals surface area contributed by atoms with Crippen molar-refractivity contribution in [3.8, 4) is 0 Å². The molecule has 1 heterocycles. The molecule has 4 heteroatoms. The Hall–Kier alpha value is -1.71. The fraction of sp³-hybridized carbons (Fsp3) is 0.400. The molecule has 1 aliphatic carbocycles. The molecule has 1 saturated carbocycles. The number of carbonyl (C=O) groups excluding carboxylic acids is 1. The number of nitrogens with zero attached hydrogens (tertiary/aromatic N) is 1. The summed E-state index contributed by atoms with van der Waals surface area (Å²) in [5.41, 5.74) is 3.27. The Bertz CT molecular complexity index is 549. The third kappa shape index (κ3) is 2.53. The number of piperidine rings is 1. The Morgan fingerprint density at radius 1 is 0.947 bits per heavy atom. The number of benzene rings is 1. The van der Waals surface area contributed by atoms with Crippen molar-refractivity contribution in [1.29, 1.82) is 0 Å². The molecule has 2 aliphatic rings. The van der Waals surface area contributed by atoms with Gasteiger partial charge >= 0.3 is 0 Å². The van der Waals surface area contributed by atoms with Gasteiger partial charge in [0.1, 0.15) is 0 Å². The van der Waals surface area contributed by atoms with Gasteiger partial charge in [-0.25, -0.2) is 8.78 Å². The molecular formula is C15H15F2NO. The van der Waals surface area contributed by atoms with E-state index in [1.165, 1.54) is 24.5 Å². The average Bonchev–Trinajstić information content (AvgIpc) is 3.26. The molecule has 1 aromatic carbocycles. The molecule has 0 aromatic heterocycles. The fourth-order valence-corrected chi connectivity index (χ4v) is 2.56. The predicted octanol–water partition coefficient (Wildman–Crippen LogP) is 3.29. The molecule has 0 atom stereocenters. The summed E-state index contributed by atoms with van der Waals surface area (Å²) in [4.78, 5) is 13.9. The van der Waals surface area contributed by atoms with Crippen LogP contribution in [0.2, 0.25) is 0 Å². The van der Waals surface area contributed by atoms with Crippen LogP contribution in [-0.4, -0.2) is 23.9 Å². The second-order valence-corrected chi connectivity index (χ2v) is 5.13. The monoisotopic (exact) mass is 263 g/mol. The van der Waals surface area contributed by atoms with E-state index in [1.807, 2.05) is 0 Å². The molecule has 0 spiro atoms. The molecule has 2 nitrogen and oxygen atoms in total. The highest BCUT2D eigenvalue weighted by Gasteiger charge is 2.25. The minimum absolute atomic E-state index is 0.209. The molecule has 19 heavy (non-hydrogen) atoms. The lowest BCUT2D eigenvalue weighted by Gasteiger charge is -2.28. The number of hydrogen-bond acceptors (Lipinski definition) is 1. The molecule has 2 fully saturated rings. The van der Waals surface area contributed by atoms with E-state index in [1.54, 1.807) is 10.5 Å². The van der Waals surface area contributed by atoms with Gasteiger partial charge in [-0.2, -0.15) is 0 Å². The summed E-state index contributed by atoms with van der Waals surface area (Å²) in [5.74, 6) is -2.10. The van der Waals surface area contributed by atoms with Crippen LogP contribution in [0, 0.1) is 11.6 Å². The molecule has 1 aromatic rings. The number of likely N-dealkylation sites (tertiary alicyclic amines) is 1. The van der Waals surface area contributed by atoms with E-state index in [9.17, 15) is 13.6 Å². The minimum Gasteiger partial charge on any atom is -0.338 e. The number of carbonyl (C=O) groups is 1. The van der Waals surface area contributed by atoms with Crippen molar-refractivity contribution in [3.05, 3.63) is 46.5 Å². The van der Waals surface area contributed by atoms with Crippen molar-refractivity contribution < 1.29 is 13.6 Å². The lowest BCUT2D eigenvalue weighted by Crippen LogP contribution is -2.36. The van der Waals surface area contributed by atoms with Crippen LogP contribution < -0.4 is 0 Å². The molecule has 0 N–H and O–H groups in total. The highest BCUT2D eigenvalue weighted by Crippen LogP contribution is 2.36. The van der Waals surface area contributed by atoms with Gasteiger partial charge < -0.3 is 4.90 Å². The van der Waals surface area contributed by atoms with Crippen LogP contribution in [-0.2, 0) is 0 Å². The van der Waals surface area contributed by atoms with Crippen LogP contribution in [0.5, 0.6) is 0 Å². The van der Waals surface area contributed by atoms with Crippen LogP contribution in [0.3, 0.4) is 0 Å². The van der Waals surface area contributed by atoms with Gasteiger partial charge in [0.05, 0.1) is 0 Å². The third-order valence-electron chi connectivity index (χ3n) is 3.82. The number of allylic oxidation sites excluding steroid dienone is 1. The summed E-state index contributed by atoms with van der Waals surface area (Å²) in [7, 11) is 0. The molecule has 100 valence electrons.